The molecule has 6 heteroatoms. The Morgan fingerprint density at radius 3 is 2.27 bits per heavy atom. The summed E-state index contributed by atoms with van der Waals surface area (Å²) in [6, 6.07) is 10.7. The molecule has 138 valence electrons. The first-order chi connectivity index (χ1) is 12.6. The van der Waals surface area contributed by atoms with Crippen LogP contribution in [0, 0.1) is 0 Å². The molecule has 0 aromatic heterocycles. The van der Waals surface area contributed by atoms with Crippen LogP contribution < -0.4 is 19.7 Å². The summed E-state index contributed by atoms with van der Waals surface area (Å²) in [6.45, 7) is 1.97. The molecule has 26 heavy (non-hydrogen) atoms. The molecule has 0 atom stereocenters. The number of anilines is 2. The van der Waals surface area contributed by atoms with Gasteiger partial charge in [0.15, 0.2) is 0 Å². The summed E-state index contributed by atoms with van der Waals surface area (Å²) in [5.41, 5.74) is 2.18. The highest BCUT2D eigenvalue weighted by Gasteiger charge is 2.17. The van der Waals surface area contributed by atoms with Crippen LogP contribution in [0.1, 0.15) is 29.6 Å². The number of carbonyl (C=O) groups is 1. The smallest absolute Gasteiger partial charge is 0.255 e. The van der Waals surface area contributed by atoms with Crippen molar-refractivity contribution in [3.63, 3.8) is 0 Å². The minimum absolute atomic E-state index is 0.234. The van der Waals surface area contributed by atoms with Crippen LogP contribution in [0.15, 0.2) is 36.4 Å². The third kappa shape index (κ3) is 4.22. The van der Waals surface area contributed by atoms with Crippen LogP contribution in [0.3, 0.4) is 0 Å². The molecule has 1 heterocycles. The van der Waals surface area contributed by atoms with Crippen molar-refractivity contribution in [2.75, 3.05) is 37.5 Å². The van der Waals surface area contributed by atoms with E-state index in [9.17, 15) is 4.79 Å². The monoisotopic (exact) mass is 374 g/mol. The van der Waals surface area contributed by atoms with Crippen LogP contribution in [0.2, 0.25) is 5.02 Å². The molecule has 1 N–H and O–H groups in total. The highest BCUT2D eigenvalue weighted by atomic mass is 35.5. The van der Waals surface area contributed by atoms with Gasteiger partial charge in [0, 0.05) is 29.7 Å². The Morgan fingerprint density at radius 2 is 1.65 bits per heavy atom. The van der Waals surface area contributed by atoms with E-state index in [4.69, 9.17) is 21.1 Å². The van der Waals surface area contributed by atoms with Gasteiger partial charge in [-0.25, -0.2) is 0 Å². The Hall–Kier alpha value is -2.40. The Bertz CT molecular complexity index is 766. The highest BCUT2D eigenvalue weighted by Crippen LogP contribution is 2.32. The minimum Gasteiger partial charge on any atom is -0.497 e. The third-order valence-corrected chi connectivity index (χ3v) is 4.75. The summed E-state index contributed by atoms with van der Waals surface area (Å²) in [4.78, 5) is 15.1. The quantitative estimate of drug-likeness (QED) is 0.830. The van der Waals surface area contributed by atoms with Crippen LogP contribution in [-0.4, -0.2) is 33.2 Å². The van der Waals surface area contributed by atoms with Crippen LogP contribution in [0.4, 0.5) is 11.4 Å². The molecule has 5 nitrogen and oxygen atoms in total. The summed E-state index contributed by atoms with van der Waals surface area (Å²) < 4.78 is 10.5. The number of carbonyl (C=O) groups excluding carboxylic acids is 1. The van der Waals surface area contributed by atoms with E-state index in [2.05, 4.69) is 10.2 Å². The molecule has 2 aromatic carbocycles. The normalized spacial score (nSPS) is 14.0. The molecule has 0 unspecified atom stereocenters. The van der Waals surface area contributed by atoms with Crippen molar-refractivity contribution in [1.29, 1.82) is 0 Å². The van der Waals surface area contributed by atoms with E-state index in [1.165, 1.54) is 6.42 Å². The maximum Gasteiger partial charge on any atom is 0.255 e. The lowest BCUT2D eigenvalue weighted by atomic mass is 10.1. The van der Waals surface area contributed by atoms with Crippen molar-refractivity contribution >= 4 is 28.9 Å². The van der Waals surface area contributed by atoms with E-state index in [1.807, 2.05) is 12.1 Å². The van der Waals surface area contributed by atoms with Crippen molar-refractivity contribution in [3.05, 3.63) is 47.0 Å². The van der Waals surface area contributed by atoms with Gasteiger partial charge in [0.05, 0.1) is 25.6 Å². The third-order valence-electron chi connectivity index (χ3n) is 4.52. The van der Waals surface area contributed by atoms with Gasteiger partial charge in [-0.1, -0.05) is 11.6 Å². The first kappa shape index (κ1) is 18.4. The fourth-order valence-corrected chi connectivity index (χ4v) is 3.32. The molecule has 1 fully saturated rings. The van der Waals surface area contributed by atoms with Gasteiger partial charge < -0.3 is 19.7 Å². The topological polar surface area (TPSA) is 50.8 Å². The van der Waals surface area contributed by atoms with Gasteiger partial charge in [0.25, 0.3) is 5.91 Å². The number of piperidine rings is 1. The molecule has 2 aromatic rings. The second-order valence-electron chi connectivity index (χ2n) is 6.26. The number of ether oxygens (including phenoxy) is 2. The Labute approximate surface area is 158 Å². The molecule has 0 bridgehead atoms. The number of rotatable bonds is 5. The summed E-state index contributed by atoms with van der Waals surface area (Å²) in [5.74, 6) is 0.899. The SMILES string of the molecule is COc1cc(OC)cc(C(=O)Nc2cc(Cl)ccc2N2CCCCC2)c1. The van der Waals surface area contributed by atoms with Gasteiger partial charge in [-0.3, -0.25) is 4.79 Å². The number of benzene rings is 2. The average molecular weight is 375 g/mol. The molecule has 3 rings (SSSR count). The van der Waals surface area contributed by atoms with Gasteiger partial charge in [-0.05, 0) is 49.6 Å². The molecule has 0 aliphatic carbocycles. The van der Waals surface area contributed by atoms with Crippen LogP contribution in [-0.2, 0) is 0 Å². The van der Waals surface area contributed by atoms with Crippen molar-refractivity contribution < 1.29 is 14.3 Å². The van der Waals surface area contributed by atoms with Crippen molar-refractivity contribution in [2.45, 2.75) is 19.3 Å². The molecule has 1 aliphatic rings. The van der Waals surface area contributed by atoms with Crippen LogP contribution in [0.25, 0.3) is 0 Å². The zero-order valence-corrected chi connectivity index (χ0v) is 15.8. The van der Waals surface area contributed by atoms with Gasteiger partial charge in [0.2, 0.25) is 0 Å². The zero-order chi connectivity index (χ0) is 18.5. The van der Waals surface area contributed by atoms with Crippen molar-refractivity contribution in [1.82, 2.24) is 0 Å². The zero-order valence-electron chi connectivity index (χ0n) is 15.0. The predicted octanol–water partition coefficient (Wildman–Crippen LogP) is 4.60. The van der Waals surface area contributed by atoms with E-state index >= 15 is 0 Å². The van der Waals surface area contributed by atoms with Crippen molar-refractivity contribution in [2.24, 2.45) is 0 Å². The Kier molecular flexibility index (Phi) is 5.89. The van der Waals surface area contributed by atoms with Crippen molar-refractivity contribution in [3.8, 4) is 11.5 Å². The molecule has 0 saturated carbocycles. The Balaban J connectivity index is 1.88. The summed E-state index contributed by atoms with van der Waals surface area (Å²) in [6.07, 6.45) is 3.56. The summed E-state index contributed by atoms with van der Waals surface area (Å²) in [7, 11) is 3.11. The first-order valence-corrected chi connectivity index (χ1v) is 9.07. The highest BCUT2D eigenvalue weighted by molar-refractivity contribution is 6.31. The molecular formula is C20H23ClN2O3. The number of halogens is 1. The molecule has 0 radical (unpaired) electrons. The number of amides is 1. The number of nitrogens with one attached hydrogen (secondary N) is 1. The fourth-order valence-electron chi connectivity index (χ4n) is 3.15. The van der Waals surface area contributed by atoms with E-state index in [1.54, 1.807) is 38.5 Å². The Morgan fingerprint density at radius 1 is 1.00 bits per heavy atom. The second kappa shape index (κ2) is 8.32. The number of hydrogen-bond donors (Lipinski definition) is 1. The van der Waals surface area contributed by atoms with Gasteiger partial charge >= 0.3 is 0 Å². The summed E-state index contributed by atoms with van der Waals surface area (Å²) in [5, 5.41) is 3.58. The molecule has 1 saturated heterocycles. The first-order valence-electron chi connectivity index (χ1n) is 8.69. The molecule has 1 aliphatic heterocycles. The lowest BCUT2D eigenvalue weighted by molar-refractivity contribution is 0.102. The maximum absolute atomic E-state index is 12.8. The van der Waals surface area contributed by atoms with E-state index < -0.39 is 0 Å². The largest absolute Gasteiger partial charge is 0.497 e. The molecular weight excluding hydrogens is 352 g/mol. The van der Waals surface area contributed by atoms with Gasteiger partial charge in [-0.2, -0.15) is 0 Å². The van der Waals surface area contributed by atoms with E-state index in [-0.39, 0.29) is 5.91 Å². The van der Waals surface area contributed by atoms with Gasteiger partial charge in [-0.15, -0.1) is 0 Å². The number of nitrogens with zero attached hydrogens (tertiary/aromatic N) is 1. The standard InChI is InChI=1S/C20H23ClN2O3/c1-25-16-10-14(11-17(13-16)26-2)20(24)22-18-12-15(21)6-7-19(18)23-8-4-3-5-9-23/h6-7,10-13H,3-5,8-9H2,1-2H3,(H,22,24). The van der Waals surface area contributed by atoms with E-state index in [0.717, 1.165) is 31.6 Å². The van der Waals surface area contributed by atoms with E-state index in [0.29, 0.717) is 27.8 Å². The van der Waals surface area contributed by atoms with Crippen LogP contribution in [0.5, 0.6) is 11.5 Å². The summed E-state index contributed by atoms with van der Waals surface area (Å²) >= 11 is 6.17. The average Bonchev–Trinajstić information content (AvgIpc) is 2.68. The number of hydrogen-bond acceptors (Lipinski definition) is 4. The fraction of sp³-hybridized carbons (Fsp3) is 0.350. The lowest BCUT2D eigenvalue weighted by Gasteiger charge is -2.30. The maximum atomic E-state index is 12.8. The minimum atomic E-state index is -0.234. The molecule has 0 spiro atoms. The second-order valence-corrected chi connectivity index (χ2v) is 6.70. The molecule has 1 amide bonds. The lowest BCUT2D eigenvalue weighted by Crippen LogP contribution is -2.30. The van der Waals surface area contributed by atoms with Gasteiger partial charge in [0.1, 0.15) is 11.5 Å². The predicted molar refractivity (Wildman–Crippen MR) is 105 cm³/mol. The number of methoxy groups -OCH3 is 2. The van der Waals surface area contributed by atoms with Crippen LogP contribution >= 0.6 is 11.6 Å².